The molecule has 1 saturated heterocycles. The van der Waals surface area contributed by atoms with Crippen molar-refractivity contribution >= 4 is 28.4 Å². The Bertz CT molecular complexity index is 1300. The molecule has 2 aromatic carbocycles. The SMILES string of the molecule is O=C(NCc1cccc(N2CCCCC2=O)c1)c1ccc2c(=O)n3c(nc2c1)CCCCCC3. The van der Waals surface area contributed by atoms with Crippen molar-refractivity contribution < 1.29 is 9.59 Å². The first-order chi connectivity index (χ1) is 16.6. The van der Waals surface area contributed by atoms with E-state index in [1.807, 2.05) is 29.2 Å². The Hall–Kier alpha value is -3.48. The van der Waals surface area contributed by atoms with Gasteiger partial charge in [-0.3, -0.25) is 19.0 Å². The Morgan fingerprint density at radius 1 is 0.912 bits per heavy atom. The van der Waals surface area contributed by atoms with Gasteiger partial charge in [-0.25, -0.2) is 4.98 Å². The minimum atomic E-state index is -0.213. The molecule has 5 rings (SSSR count). The monoisotopic (exact) mass is 458 g/mol. The lowest BCUT2D eigenvalue weighted by atomic mass is 10.1. The molecule has 0 radical (unpaired) electrons. The molecule has 1 fully saturated rings. The fourth-order valence-electron chi connectivity index (χ4n) is 4.93. The molecule has 0 unspecified atom stereocenters. The molecule has 0 bridgehead atoms. The van der Waals surface area contributed by atoms with Crippen LogP contribution in [0.3, 0.4) is 0 Å². The summed E-state index contributed by atoms with van der Waals surface area (Å²) >= 11 is 0. The van der Waals surface area contributed by atoms with Crippen molar-refractivity contribution in [3.63, 3.8) is 0 Å². The Morgan fingerprint density at radius 3 is 2.62 bits per heavy atom. The van der Waals surface area contributed by atoms with Crippen LogP contribution in [0.1, 0.15) is 66.7 Å². The van der Waals surface area contributed by atoms with Gasteiger partial charge in [-0.15, -0.1) is 0 Å². The number of aromatic nitrogens is 2. The lowest BCUT2D eigenvalue weighted by Crippen LogP contribution is -2.35. The van der Waals surface area contributed by atoms with Gasteiger partial charge in [0.2, 0.25) is 5.91 Å². The number of fused-ring (bicyclic) bond motifs is 2. The average Bonchev–Trinajstić information content (AvgIpc) is 2.84. The number of piperidine rings is 1. The molecular weight excluding hydrogens is 428 g/mol. The van der Waals surface area contributed by atoms with Crippen molar-refractivity contribution in [2.45, 2.75) is 64.5 Å². The first kappa shape index (κ1) is 22.3. The van der Waals surface area contributed by atoms with Gasteiger partial charge in [0, 0.05) is 43.7 Å². The fraction of sp³-hybridized carbons (Fsp3) is 0.407. The number of benzene rings is 2. The van der Waals surface area contributed by atoms with Gasteiger partial charge < -0.3 is 10.2 Å². The van der Waals surface area contributed by atoms with Crippen molar-refractivity contribution in [3.05, 3.63) is 69.8 Å². The van der Waals surface area contributed by atoms with Crippen molar-refractivity contribution in [2.24, 2.45) is 0 Å². The molecule has 176 valence electrons. The molecule has 7 heteroatoms. The maximum atomic E-state index is 13.0. The van der Waals surface area contributed by atoms with E-state index in [9.17, 15) is 14.4 Å². The second-order valence-electron chi connectivity index (χ2n) is 9.24. The molecule has 1 aromatic heterocycles. The number of carbonyl (C=O) groups excluding carboxylic acids is 2. The van der Waals surface area contributed by atoms with E-state index in [1.54, 1.807) is 22.8 Å². The van der Waals surface area contributed by atoms with Gasteiger partial charge in [0.05, 0.1) is 10.9 Å². The standard InChI is InChI=1S/C27H30N4O3/c32-25-11-4-6-14-30(25)21-9-7-8-19(16-21)18-28-26(33)20-12-13-22-23(17-20)29-24-10-3-1-2-5-15-31(24)27(22)34/h7-9,12-13,16-17H,1-6,10-11,14-15,18H2,(H,28,33). The van der Waals surface area contributed by atoms with Crippen molar-refractivity contribution in [1.82, 2.24) is 14.9 Å². The van der Waals surface area contributed by atoms with Crippen LogP contribution in [0.4, 0.5) is 5.69 Å². The third-order valence-electron chi connectivity index (χ3n) is 6.83. The summed E-state index contributed by atoms with van der Waals surface area (Å²) in [6.07, 6.45) is 7.65. The number of aryl methyl sites for hydroxylation is 1. The highest BCUT2D eigenvalue weighted by molar-refractivity contribution is 5.97. The van der Waals surface area contributed by atoms with E-state index in [-0.39, 0.29) is 17.4 Å². The van der Waals surface area contributed by atoms with Gasteiger partial charge >= 0.3 is 0 Å². The van der Waals surface area contributed by atoms with Gasteiger partial charge in [-0.05, 0) is 61.6 Å². The molecule has 34 heavy (non-hydrogen) atoms. The summed E-state index contributed by atoms with van der Waals surface area (Å²) in [6, 6.07) is 12.9. The molecule has 0 atom stereocenters. The van der Waals surface area contributed by atoms with Crippen LogP contribution in [0.2, 0.25) is 0 Å². The molecule has 0 spiro atoms. The largest absolute Gasteiger partial charge is 0.348 e. The maximum Gasteiger partial charge on any atom is 0.261 e. The first-order valence-electron chi connectivity index (χ1n) is 12.3. The highest BCUT2D eigenvalue weighted by Crippen LogP contribution is 2.22. The van der Waals surface area contributed by atoms with Crippen molar-refractivity contribution in [1.29, 1.82) is 0 Å². The lowest BCUT2D eigenvalue weighted by molar-refractivity contribution is -0.119. The summed E-state index contributed by atoms with van der Waals surface area (Å²) in [6.45, 7) is 1.80. The molecule has 3 heterocycles. The predicted octanol–water partition coefficient (Wildman–Crippen LogP) is 3.96. The topological polar surface area (TPSA) is 84.3 Å². The highest BCUT2D eigenvalue weighted by atomic mass is 16.2. The number of hydrogen-bond acceptors (Lipinski definition) is 4. The molecule has 3 aromatic rings. The quantitative estimate of drug-likeness (QED) is 0.641. The Morgan fingerprint density at radius 2 is 1.74 bits per heavy atom. The summed E-state index contributed by atoms with van der Waals surface area (Å²) in [5.41, 5.74) is 2.86. The van der Waals surface area contributed by atoms with Crippen LogP contribution < -0.4 is 15.8 Å². The number of nitrogens with zero attached hydrogens (tertiary/aromatic N) is 3. The van der Waals surface area contributed by atoms with Crippen LogP contribution >= 0.6 is 0 Å². The average molecular weight is 459 g/mol. The molecular formula is C27H30N4O3. The normalized spacial score (nSPS) is 16.6. The molecule has 7 nitrogen and oxygen atoms in total. The molecule has 1 N–H and O–H groups in total. The maximum absolute atomic E-state index is 13.0. The number of rotatable bonds is 4. The molecule has 0 saturated carbocycles. The van der Waals surface area contributed by atoms with Crippen LogP contribution in [-0.4, -0.2) is 27.9 Å². The van der Waals surface area contributed by atoms with Crippen LogP contribution in [0.5, 0.6) is 0 Å². The summed E-state index contributed by atoms with van der Waals surface area (Å²) in [4.78, 5) is 44.7. The molecule has 2 aliphatic heterocycles. The summed E-state index contributed by atoms with van der Waals surface area (Å²) in [5.74, 6) is 0.759. The Balaban J connectivity index is 1.33. The van der Waals surface area contributed by atoms with Gasteiger partial charge in [0.25, 0.3) is 11.5 Å². The first-order valence-corrected chi connectivity index (χ1v) is 12.3. The summed E-state index contributed by atoms with van der Waals surface area (Å²) < 4.78 is 1.81. The Labute approximate surface area is 198 Å². The fourth-order valence-corrected chi connectivity index (χ4v) is 4.93. The predicted molar refractivity (Wildman–Crippen MR) is 132 cm³/mol. The number of anilines is 1. The second kappa shape index (κ2) is 9.79. The van der Waals surface area contributed by atoms with E-state index >= 15 is 0 Å². The number of nitrogens with one attached hydrogen (secondary N) is 1. The van der Waals surface area contributed by atoms with E-state index in [0.29, 0.717) is 36.0 Å². The minimum absolute atomic E-state index is 0.0158. The zero-order valence-electron chi connectivity index (χ0n) is 19.4. The zero-order valence-corrected chi connectivity index (χ0v) is 19.4. The smallest absolute Gasteiger partial charge is 0.261 e. The molecule has 2 amide bonds. The molecule has 0 aliphatic carbocycles. The van der Waals surface area contributed by atoms with Crippen molar-refractivity contribution in [2.75, 3.05) is 11.4 Å². The second-order valence-corrected chi connectivity index (χ2v) is 9.24. The van der Waals surface area contributed by atoms with Crippen LogP contribution in [0.25, 0.3) is 10.9 Å². The number of amides is 2. The van der Waals surface area contributed by atoms with Gasteiger partial charge in [0.1, 0.15) is 5.82 Å². The zero-order chi connectivity index (χ0) is 23.5. The van der Waals surface area contributed by atoms with Crippen LogP contribution in [0.15, 0.2) is 47.3 Å². The summed E-state index contributed by atoms with van der Waals surface area (Å²) in [7, 11) is 0. The van der Waals surface area contributed by atoms with Crippen LogP contribution in [0, 0.1) is 0 Å². The highest BCUT2D eigenvalue weighted by Gasteiger charge is 2.20. The number of hydrogen-bond donors (Lipinski definition) is 1. The summed E-state index contributed by atoms with van der Waals surface area (Å²) in [5, 5.41) is 3.52. The van der Waals surface area contributed by atoms with E-state index < -0.39 is 0 Å². The van der Waals surface area contributed by atoms with E-state index in [1.165, 1.54) is 0 Å². The minimum Gasteiger partial charge on any atom is -0.348 e. The van der Waals surface area contributed by atoms with E-state index in [4.69, 9.17) is 4.98 Å². The third-order valence-corrected chi connectivity index (χ3v) is 6.83. The van der Waals surface area contributed by atoms with E-state index in [2.05, 4.69) is 5.32 Å². The van der Waals surface area contributed by atoms with Gasteiger partial charge in [-0.1, -0.05) is 25.0 Å². The lowest BCUT2D eigenvalue weighted by Gasteiger charge is -2.27. The van der Waals surface area contributed by atoms with Gasteiger partial charge in [0.15, 0.2) is 0 Å². The number of carbonyl (C=O) groups is 2. The van der Waals surface area contributed by atoms with E-state index in [0.717, 1.165) is 68.6 Å². The van der Waals surface area contributed by atoms with Crippen molar-refractivity contribution in [3.8, 4) is 0 Å². The van der Waals surface area contributed by atoms with Crippen LogP contribution in [-0.2, 0) is 24.3 Å². The third kappa shape index (κ3) is 4.60. The van der Waals surface area contributed by atoms with Gasteiger partial charge in [-0.2, -0.15) is 0 Å². The Kier molecular flexibility index (Phi) is 6.43. The molecule has 2 aliphatic rings.